The summed E-state index contributed by atoms with van der Waals surface area (Å²) >= 11 is 1.38. The molecule has 1 spiro atoms. The number of fused-ring (bicyclic) bond motifs is 2. The lowest BCUT2D eigenvalue weighted by Gasteiger charge is -2.43. The standard InChI is InChI=1S/C19H23N3O3S/c1-2-3-13-11-20-18(21-12-13)22-7-5-19(6-8-22)16-14(4-9-25-19)10-15(26-16)17(23)24/h10-12H,2-9H2,1H3,(H,23,24). The third-order valence-electron chi connectivity index (χ3n) is 5.27. The molecule has 2 aromatic heterocycles. The number of carboxylic acids is 1. The number of aromatic nitrogens is 2. The zero-order valence-corrected chi connectivity index (χ0v) is 15.7. The topological polar surface area (TPSA) is 75.6 Å². The molecular formula is C19H23N3O3S. The maximum Gasteiger partial charge on any atom is 0.345 e. The first-order valence-electron chi connectivity index (χ1n) is 9.17. The summed E-state index contributed by atoms with van der Waals surface area (Å²) in [5.41, 5.74) is 1.97. The van der Waals surface area contributed by atoms with Crippen molar-refractivity contribution < 1.29 is 14.6 Å². The van der Waals surface area contributed by atoms with Gasteiger partial charge in [-0.15, -0.1) is 11.3 Å². The molecule has 0 aliphatic carbocycles. The van der Waals surface area contributed by atoms with E-state index in [9.17, 15) is 9.90 Å². The molecule has 2 aliphatic rings. The molecule has 0 amide bonds. The highest BCUT2D eigenvalue weighted by molar-refractivity contribution is 7.14. The Kier molecular flexibility index (Phi) is 4.67. The Morgan fingerprint density at radius 1 is 1.35 bits per heavy atom. The quantitative estimate of drug-likeness (QED) is 0.887. The lowest BCUT2D eigenvalue weighted by molar-refractivity contribution is -0.0736. The minimum absolute atomic E-state index is 0.343. The SMILES string of the molecule is CCCc1cnc(N2CCC3(CC2)OCCc2cc(C(=O)O)sc23)nc1. The molecule has 4 heterocycles. The van der Waals surface area contributed by atoms with Gasteiger partial charge >= 0.3 is 5.97 Å². The Labute approximate surface area is 156 Å². The number of aryl methyl sites for hydroxylation is 1. The number of rotatable bonds is 4. The Morgan fingerprint density at radius 2 is 2.08 bits per heavy atom. The smallest absolute Gasteiger partial charge is 0.345 e. The minimum Gasteiger partial charge on any atom is -0.477 e. The predicted molar refractivity (Wildman–Crippen MR) is 100 cm³/mol. The van der Waals surface area contributed by atoms with Gasteiger partial charge in [0.1, 0.15) is 10.5 Å². The van der Waals surface area contributed by atoms with Crippen LogP contribution in [0.3, 0.4) is 0 Å². The molecule has 2 aromatic rings. The van der Waals surface area contributed by atoms with Crippen molar-refractivity contribution in [1.82, 2.24) is 9.97 Å². The summed E-state index contributed by atoms with van der Waals surface area (Å²) in [5.74, 6) is -0.0781. The summed E-state index contributed by atoms with van der Waals surface area (Å²) < 4.78 is 6.21. The monoisotopic (exact) mass is 373 g/mol. The van der Waals surface area contributed by atoms with Gasteiger partial charge in [-0.1, -0.05) is 13.3 Å². The van der Waals surface area contributed by atoms with Crippen molar-refractivity contribution in [1.29, 1.82) is 0 Å². The van der Waals surface area contributed by atoms with Gasteiger partial charge in [-0.3, -0.25) is 0 Å². The Bertz CT molecular complexity index is 795. The van der Waals surface area contributed by atoms with Gasteiger partial charge in [0.05, 0.1) is 6.61 Å². The van der Waals surface area contributed by atoms with E-state index in [1.165, 1.54) is 16.9 Å². The zero-order chi connectivity index (χ0) is 18.1. The molecule has 0 aromatic carbocycles. The molecule has 1 fully saturated rings. The Morgan fingerprint density at radius 3 is 2.73 bits per heavy atom. The number of nitrogens with zero attached hydrogens (tertiary/aromatic N) is 3. The molecule has 0 bridgehead atoms. The lowest BCUT2D eigenvalue weighted by Crippen LogP contribution is -2.46. The molecule has 2 aliphatic heterocycles. The first kappa shape index (κ1) is 17.4. The molecule has 26 heavy (non-hydrogen) atoms. The Hall–Kier alpha value is -1.99. The van der Waals surface area contributed by atoms with Crippen LogP contribution in [0.25, 0.3) is 0 Å². The fraction of sp³-hybridized carbons (Fsp3) is 0.526. The van der Waals surface area contributed by atoms with Crippen LogP contribution >= 0.6 is 11.3 Å². The predicted octanol–water partition coefficient (Wildman–Crippen LogP) is 3.26. The number of ether oxygens (including phenoxy) is 1. The minimum atomic E-state index is -0.849. The highest BCUT2D eigenvalue weighted by atomic mass is 32.1. The number of hydrogen-bond donors (Lipinski definition) is 1. The first-order chi connectivity index (χ1) is 12.6. The number of aromatic carboxylic acids is 1. The summed E-state index contributed by atoms with van der Waals surface area (Å²) in [6.45, 7) is 4.43. The van der Waals surface area contributed by atoms with E-state index in [1.54, 1.807) is 0 Å². The van der Waals surface area contributed by atoms with E-state index in [2.05, 4.69) is 21.8 Å². The maximum atomic E-state index is 11.3. The molecule has 0 unspecified atom stereocenters. The van der Waals surface area contributed by atoms with E-state index in [1.807, 2.05) is 18.5 Å². The Balaban J connectivity index is 1.51. The van der Waals surface area contributed by atoms with Gasteiger partial charge in [0, 0.05) is 30.4 Å². The van der Waals surface area contributed by atoms with Crippen LogP contribution in [0.4, 0.5) is 5.95 Å². The number of anilines is 1. The maximum absolute atomic E-state index is 11.3. The van der Waals surface area contributed by atoms with Gasteiger partial charge < -0.3 is 14.7 Å². The lowest BCUT2D eigenvalue weighted by atomic mass is 9.85. The fourth-order valence-electron chi connectivity index (χ4n) is 3.90. The third-order valence-corrected chi connectivity index (χ3v) is 6.62. The van der Waals surface area contributed by atoms with Crippen LogP contribution in [-0.2, 0) is 23.2 Å². The van der Waals surface area contributed by atoms with Gasteiger partial charge in [-0.05, 0) is 42.9 Å². The highest BCUT2D eigenvalue weighted by Gasteiger charge is 2.43. The zero-order valence-electron chi connectivity index (χ0n) is 14.9. The van der Waals surface area contributed by atoms with Crippen molar-refractivity contribution in [3.8, 4) is 0 Å². The average molecular weight is 373 g/mol. The van der Waals surface area contributed by atoms with E-state index < -0.39 is 5.97 Å². The number of piperidine rings is 1. The van der Waals surface area contributed by atoms with Crippen molar-refractivity contribution in [2.24, 2.45) is 0 Å². The summed E-state index contributed by atoms with van der Waals surface area (Å²) in [7, 11) is 0. The number of hydrogen-bond acceptors (Lipinski definition) is 6. The van der Waals surface area contributed by atoms with E-state index in [4.69, 9.17) is 4.74 Å². The summed E-state index contributed by atoms with van der Waals surface area (Å²) in [5, 5.41) is 9.32. The second-order valence-corrected chi connectivity index (χ2v) is 8.04. The fourth-order valence-corrected chi connectivity index (χ4v) is 5.15. The van der Waals surface area contributed by atoms with Crippen molar-refractivity contribution >= 4 is 23.3 Å². The van der Waals surface area contributed by atoms with Crippen LogP contribution in [-0.4, -0.2) is 40.7 Å². The van der Waals surface area contributed by atoms with E-state index in [-0.39, 0.29) is 5.60 Å². The number of carboxylic acid groups (broad SMARTS) is 1. The van der Waals surface area contributed by atoms with E-state index in [0.29, 0.717) is 11.5 Å². The van der Waals surface area contributed by atoms with E-state index in [0.717, 1.165) is 61.6 Å². The van der Waals surface area contributed by atoms with Crippen molar-refractivity contribution in [2.75, 3.05) is 24.6 Å². The molecular weight excluding hydrogens is 350 g/mol. The second kappa shape index (κ2) is 6.96. The number of thiophene rings is 1. The highest BCUT2D eigenvalue weighted by Crippen LogP contribution is 2.45. The van der Waals surface area contributed by atoms with Gasteiger partial charge in [0.2, 0.25) is 5.95 Å². The normalized spacial score (nSPS) is 18.7. The largest absolute Gasteiger partial charge is 0.477 e. The second-order valence-electron chi connectivity index (χ2n) is 6.99. The average Bonchev–Trinajstić information content (AvgIpc) is 3.10. The summed E-state index contributed by atoms with van der Waals surface area (Å²) in [6, 6.07) is 1.83. The van der Waals surface area contributed by atoms with Crippen LogP contribution in [0.5, 0.6) is 0 Å². The first-order valence-corrected chi connectivity index (χ1v) is 9.99. The van der Waals surface area contributed by atoms with Crippen molar-refractivity contribution in [3.63, 3.8) is 0 Å². The molecule has 7 heteroatoms. The molecule has 0 saturated carbocycles. The van der Waals surface area contributed by atoms with Crippen LogP contribution in [0.15, 0.2) is 18.5 Å². The van der Waals surface area contributed by atoms with Crippen LogP contribution < -0.4 is 4.90 Å². The van der Waals surface area contributed by atoms with Crippen molar-refractivity contribution in [3.05, 3.63) is 39.3 Å². The van der Waals surface area contributed by atoms with Gasteiger partial charge in [0.15, 0.2) is 0 Å². The van der Waals surface area contributed by atoms with Gasteiger partial charge in [-0.2, -0.15) is 0 Å². The van der Waals surface area contributed by atoms with Crippen LogP contribution in [0.1, 0.15) is 51.9 Å². The number of carbonyl (C=O) groups is 1. The van der Waals surface area contributed by atoms with E-state index >= 15 is 0 Å². The van der Waals surface area contributed by atoms with Gasteiger partial charge in [-0.25, -0.2) is 14.8 Å². The summed E-state index contributed by atoms with van der Waals surface area (Å²) in [4.78, 5) is 24.1. The van der Waals surface area contributed by atoms with Crippen LogP contribution in [0.2, 0.25) is 0 Å². The van der Waals surface area contributed by atoms with Crippen molar-refractivity contribution in [2.45, 2.75) is 44.6 Å². The third kappa shape index (κ3) is 3.10. The molecule has 1 N–H and O–H groups in total. The molecule has 4 rings (SSSR count). The molecule has 138 valence electrons. The molecule has 1 saturated heterocycles. The molecule has 0 atom stereocenters. The molecule has 0 radical (unpaired) electrons. The van der Waals surface area contributed by atoms with Crippen LogP contribution in [0, 0.1) is 0 Å². The molecule has 6 nitrogen and oxygen atoms in total. The van der Waals surface area contributed by atoms with Gasteiger partial charge in [0.25, 0.3) is 0 Å². The summed E-state index contributed by atoms with van der Waals surface area (Å²) in [6.07, 6.45) is 8.40.